The summed E-state index contributed by atoms with van der Waals surface area (Å²) < 4.78 is 2.35. The highest BCUT2D eigenvalue weighted by molar-refractivity contribution is 5.00. The van der Waals surface area contributed by atoms with Crippen LogP contribution >= 0.6 is 0 Å². The first kappa shape index (κ1) is 11.6. The van der Waals surface area contributed by atoms with Gasteiger partial charge >= 0.3 is 0 Å². The predicted octanol–water partition coefficient (Wildman–Crippen LogP) is 2.74. The molecular formula is C13H23N3. The van der Waals surface area contributed by atoms with E-state index in [1.54, 1.807) is 0 Å². The Balaban J connectivity index is 2.06. The summed E-state index contributed by atoms with van der Waals surface area (Å²) in [6, 6.07) is 0.603. The Kier molecular flexibility index (Phi) is 3.99. The summed E-state index contributed by atoms with van der Waals surface area (Å²) in [5.74, 6) is 0.846. The van der Waals surface area contributed by atoms with Crippen molar-refractivity contribution in [2.45, 2.75) is 51.6 Å². The Morgan fingerprint density at radius 1 is 1.44 bits per heavy atom. The van der Waals surface area contributed by atoms with E-state index in [4.69, 9.17) is 0 Å². The molecule has 0 radical (unpaired) electrons. The number of imidazole rings is 1. The van der Waals surface area contributed by atoms with Gasteiger partial charge in [-0.3, -0.25) is 0 Å². The zero-order valence-corrected chi connectivity index (χ0v) is 10.4. The Hall–Kier alpha value is -0.830. The second kappa shape index (κ2) is 5.48. The van der Waals surface area contributed by atoms with Crippen molar-refractivity contribution in [1.29, 1.82) is 0 Å². The van der Waals surface area contributed by atoms with E-state index in [0.717, 1.165) is 12.5 Å². The van der Waals surface area contributed by atoms with Gasteiger partial charge in [0.1, 0.15) is 0 Å². The standard InChI is InChI=1S/C13H23N3/c1-11(12-6-4-3-5-7-12)16-10-15-9-13(16)8-14-2/h9-12,14H,3-8H2,1-2H3. The molecule has 1 fully saturated rings. The topological polar surface area (TPSA) is 29.9 Å². The molecule has 0 spiro atoms. The number of hydrogen-bond donors (Lipinski definition) is 1. The van der Waals surface area contributed by atoms with E-state index in [9.17, 15) is 0 Å². The normalized spacial score (nSPS) is 19.9. The summed E-state index contributed by atoms with van der Waals surface area (Å²) in [6.45, 7) is 3.26. The molecule has 1 aliphatic rings. The summed E-state index contributed by atoms with van der Waals surface area (Å²) >= 11 is 0. The molecule has 1 N–H and O–H groups in total. The maximum atomic E-state index is 4.28. The molecule has 1 aromatic heterocycles. The summed E-state index contributed by atoms with van der Waals surface area (Å²) in [5.41, 5.74) is 1.31. The van der Waals surface area contributed by atoms with Gasteiger partial charge in [0.25, 0.3) is 0 Å². The molecule has 1 atom stereocenters. The van der Waals surface area contributed by atoms with Crippen LogP contribution in [0.4, 0.5) is 0 Å². The molecule has 3 heteroatoms. The average molecular weight is 221 g/mol. The highest BCUT2D eigenvalue weighted by atomic mass is 15.1. The number of rotatable bonds is 4. The Labute approximate surface area is 98.3 Å². The maximum absolute atomic E-state index is 4.28. The lowest BCUT2D eigenvalue weighted by Gasteiger charge is -2.29. The highest BCUT2D eigenvalue weighted by Crippen LogP contribution is 2.33. The monoisotopic (exact) mass is 221 g/mol. The molecule has 1 unspecified atom stereocenters. The molecule has 0 aromatic carbocycles. The Morgan fingerprint density at radius 2 is 2.19 bits per heavy atom. The van der Waals surface area contributed by atoms with Crippen LogP contribution in [0.2, 0.25) is 0 Å². The summed E-state index contributed by atoms with van der Waals surface area (Å²) in [7, 11) is 1.99. The first-order valence-corrected chi connectivity index (χ1v) is 6.48. The summed E-state index contributed by atoms with van der Waals surface area (Å²) in [4.78, 5) is 4.28. The van der Waals surface area contributed by atoms with Crippen LogP contribution in [-0.4, -0.2) is 16.6 Å². The number of nitrogens with zero attached hydrogens (tertiary/aromatic N) is 2. The van der Waals surface area contributed by atoms with Crippen molar-refractivity contribution in [1.82, 2.24) is 14.9 Å². The minimum atomic E-state index is 0.603. The molecule has 1 heterocycles. The van der Waals surface area contributed by atoms with E-state index in [2.05, 4.69) is 21.8 Å². The third-order valence-electron chi connectivity index (χ3n) is 3.87. The van der Waals surface area contributed by atoms with Crippen LogP contribution in [0, 0.1) is 5.92 Å². The average Bonchev–Trinajstić information content (AvgIpc) is 2.78. The second-order valence-electron chi connectivity index (χ2n) is 4.96. The fraction of sp³-hybridized carbons (Fsp3) is 0.769. The van der Waals surface area contributed by atoms with Gasteiger partial charge in [0.15, 0.2) is 0 Å². The third-order valence-corrected chi connectivity index (χ3v) is 3.87. The lowest BCUT2D eigenvalue weighted by atomic mass is 9.84. The summed E-state index contributed by atoms with van der Waals surface area (Å²) in [5, 5.41) is 3.21. The Morgan fingerprint density at radius 3 is 2.88 bits per heavy atom. The van der Waals surface area contributed by atoms with Gasteiger partial charge in [-0.05, 0) is 32.7 Å². The molecule has 16 heavy (non-hydrogen) atoms. The Bertz CT molecular complexity index is 313. The molecule has 0 saturated heterocycles. The molecule has 90 valence electrons. The van der Waals surface area contributed by atoms with Crippen molar-refractivity contribution in [3.63, 3.8) is 0 Å². The van der Waals surface area contributed by atoms with Crippen LogP contribution in [-0.2, 0) is 6.54 Å². The van der Waals surface area contributed by atoms with E-state index >= 15 is 0 Å². The lowest BCUT2D eigenvalue weighted by Crippen LogP contribution is -2.21. The van der Waals surface area contributed by atoms with E-state index < -0.39 is 0 Å². The van der Waals surface area contributed by atoms with E-state index in [1.807, 2.05) is 19.6 Å². The second-order valence-corrected chi connectivity index (χ2v) is 4.96. The van der Waals surface area contributed by atoms with Crippen LogP contribution in [0.5, 0.6) is 0 Å². The van der Waals surface area contributed by atoms with Gasteiger partial charge in [-0.25, -0.2) is 4.98 Å². The van der Waals surface area contributed by atoms with Gasteiger partial charge < -0.3 is 9.88 Å². The summed E-state index contributed by atoms with van der Waals surface area (Å²) in [6.07, 6.45) is 11.0. The quantitative estimate of drug-likeness (QED) is 0.847. The van der Waals surface area contributed by atoms with Gasteiger partial charge in [-0.1, -0.05) is 19.3 Å². The van der Waals surface area contributed by atoms with Crippen molar-refractivity contribution >= 4 is 0 Å². The zero-order valence-electron chi connectivity index (χ0n) is 10.4. The molecular weight excluding hydrogens is 198 g/mol. The van der Waals surface area contributed by atoms with Crippen LogP contribution in [0.3, 0.4) is 0 Å². The SMILES string of the molecule is CNCc1cncn1C(C)C1CCCCC1. The van der Waals surface area contributed by atoms with E-state index in [0.29, 0.717) is 6.04 Å². The van der Waals surface area contributed by atoms with Crippen molar-refractivity contribution in [3.8, 4) is 0 Å². The van der Waals surface area contributed by atoms with Crippen molar-refractivity contribution in [3.05, 3.63) is 18.2 Å². The van der Waals surface area contributed by atoms with Crippen LogP contribution in [0.1, 0.15) is 50.8 Å². The molecule has 0 amide bonds. The highest BCUT2D eigenvalue weighted by Gasteiger charge is 2.22. The van der Waals surface area contributed by atoms with Crippen LogP contribution in [0.15, 0.2) is 12.5 Å². The molecule has 1 aromatic rings. The molecule has 0 bridgehead atoms. The zero-order chi connectivity index (χ0) is 11.4. The molecule has 0 aliphatic heterocycles. The molecule has 1 aliphatic carbocycles. The van der Waals surface area contributed by atoms with Gasteiger partial charge in [0.2, 0.25) is 0 Å². The van der Waals surface area contributed by atoms with E-state index in [1.165, 1.54) is 37.8 Å². The molecule has 2 rings (SSSR count). The first-order valence-electron chi connectivity index (χ1n) is 6.48. The molecule has 1 saturated carbocycles. The number of aromatic nitrogens is 2. The van der Waals surface area contributed by atoms with Gasteiger partial charge in [-0.15, -0.1) is 0 Å². The van der Waals surface area contributed by atoms with Gasteiger partial charge in [0, 0.05) is 18.8 Å². The third kappa shape index (κ3) is 2.46. The van der Waals surface area contributed by atoms with Gasteiger partial charge in [-0.2, -0.15) is 0 Å². The van der Waals surface area contributed by atoms with E-state index in [-0.39, 0.29) is 0 Å². The van der Waals surface area contributed by atoms with Crippen LogP contribution in [0.25, 0.3) is 0 Å². The molecule has 3 nitrogen and oxygen atoms in total. The smallest absolute Gasteiger partial charge is 0.0951 e. The number of hydrogen-bond acceptors (Lipinski definition) is 2. The maximum Gasteiger partial charge on any atom is 0.0951 e. The van der Waals surface area contributed by atoms with Crippen LogP contribution < -0.4 is 5.32 Å². The van der Waals surface area contributed by atoms with Crippen molar-refractivity contribution in [2.24, 2.45) is 5.92 Å². The number of nitrogens with one attached hydrogen (secondary N) is 1. The van der Waals surface area contributed by atoms with Crippen molar-refractivity contribution in [2.75, 3.05) is 7.05 Å². The fourth-order valence-corrected chi connectivity index (χ4v) is 2.86. The van der Waals surface area contributed by atoms with Crippen molar-refractivity contribution < 1.29 is 0 Å². The largest absolute Gasteiger partial charge is 0.330 e. The van der Waals surface area contributed by atoms with Gasteiger partial charge in [0.05, 0.1) is 12.0 Å². The predicted molar refractivity (Wildman–Crippen MR) is 66.3 cm³/mol. The minimum absolute atomic E-state index is 0.603. The first-order chi connectivity index (χ1) is 7.83. The fourth-order valence-electron chi connectivity index (χ4n) is 2.86. The minimum Gasteiger partial charge on any atom is -0.330 e. The lowest BCUT2D eigenvalue weighted by molar-refractivity contribution is 0.260.